The number of amides is 2. The average Bonchev–Trinajstić information content (AvgIpc) is 3.12. The van der Waals surface area contributed by atoms with Gasteiger partial charge in [-0.2, -0.15) is 5.10 Å². The molecule has 2 aromatic rings. The van der Waals surface area contributed by atoms with Gasteiger partial charge in [-0.05, 0) is 12.0 Å². The number of aromatic nitrogens is 3. The first kappa shape index (κ1) is 17.4. The molecule has 0 aliphatic carbocycles. The lowest BCUT2D eigenvalue weighted by atomic mass is 10.0. The Hall–Kier alpha value is -2.42. The number of rotatable bonds is 5. The lowest BCUT2D eigenvalue weighted by Gasteiger charge is -2.29. The van der Waals surface area contributed by atoms with Crippen LogP contribution < -0.4 is 5.32 Å². The highest BCUT2D eigenvalue weighted by Gasteiger charge is 2.26. The molecule has 1 aromatic carbocycles. The van der Waals surface area contributed by atoms with Gasteiger partial charge in [0.2, 0.25) is 0 Å². The number of benzene rings is 1. The summed E-state index contributed by atoms with van der Waals surface area (Å²) in [5.41, 5.74) is 1.00. The number of hydrogen-bond donors (Lipinski definition) is 1. The molecule has 0 spiro atoms. The number of nitrogens with zero attached hydrogens (tertiary/aromatic N) is 4. The molecule has 0 bridgehead atoms. The first-order valence-corrected chi connectivity index (χ1v) is 9.99. The molecule has 1 N–H and O–H groups in total. The van der Waals surface area contributed by atoms with E-state index in [2.05, 4.69) is 15.4 Å². The van der Waals surface area contributed by atoms with Crippen LogP contribution in [0.4, 0.5) is 4.79 Å². The van der Waals surface area contributed by atoms with Crippen LogP contribution in [0, 0.1) is 0 Å². The zero-order valence-electron chi connectivity index (χ0n) is 13.8. The van der Waals surface area contributed by atoms with Gasteiger partial charge in [0.15, 0.2) is 9.84 Å². The van der Waals surface area contributed by atoms with E-state index in [1.165, 1.54) is 6.33 Å². The molecule has 8 nitrogen and oxygen atoms in total. The molecule has 25 heavy (non-hydrogen) atoms. The number of nitrogens with one attached hydrogen (secondary N) is 1. The lowest BCUT2D eigenvalue weighted by Crippen LogP contribution is -2.49. The van der Waals surface area contributed by atoms with E-state index in [4.69, 9.17) is 0 Å². The fourth-order valence-electron chi connectivity index (χ4n) is 2.77. The summed E-state index contributed by atoms with van der Waals surface area (Å²) in [6.45, 7) is 1.09. The Morgan fingerprint density at radius 2 is 1.92 bits per heavy atom. The van der Waals surface area contributed by atoms with E-state index >= 15 is 0 Å². The summed E-state index contributed by atoms with van der Waals surface area (Å²) in [4.78, 5) is 18.0. The highest BCUT2D eigenvalue weighted by Crippen LogP contribution is 2.18. The van der Waals surface area contributed by atoms with Gasteiger partial charge in [-0.3, -0.25) is 4.68 Å². The van der Waals surface area contributed by atoms with E-state index in [1.807, 2.05) is 30.3 Å². The molecule has 2 heterocycles. The summed E-state index contributed by atoms with van der Waals surface area (Å²) >= 11 is 0. The zero-order chi connectivity index (χ0) is 17.7. The maximum Gasteiger partial charge on any atom is 0.317 e. The molecule has 3 rings (SSSR count). The van der Waals surface area contributed by atoms with Crippen molar-refractivity contribution in [3.8, 4) is 0 Å². The van der Waals surface area contributed by atoms with Crippen LogP contribution in [0.1, 0.15) is 18.0 Å². The van der Waals surface area contributed by atoms with Crippen LogP contribution in [0.5, 0.6) is 0 Å². The summed E-state index contributed by atoms with van der Waals surface area (Å²) in [6.07, 6.45) is 3.77. The fourth-order valence-corrected chi connectivity index (χ4v) is 3.97. The Morgan fingerprint density at radius 3 is 2.56 bits per heavy atom. The summed E-state index contributed by atoms with van der Waals surface area (Å²) < 4.78 is 24.8. The molecule has 1 aromatic heterocycles. The van der Waals surface area contributed by atoms with E-state index < -0.39 is 9.84 Å². The van der Waals surface area contributed by atoms with Gasteiger partial charge in [-0.25, -0.2) is 18.2 Å². The fraction of sp³-hybridized carbons (Fsp3) is 0.438. The van der Waals surface area contributed by atoms with Crippen LogP contribution in [0.2, 0.25) is 0 Å². The molecule has 1 saturated heterocycles. The van der Waals surface area contributed by atoms with Gasteiger partial charge in [-0.1, -0.05) is 30.3 Å². The number of carbonyl (C=O) groups excluding carboxylic acids is 1. The molecule has 134 valence electrons. The average molecular weight is 363 g/mol. The topological polar surface area (TPSA) is 97.2 Å². The third-order valence-corrected chi connectivity index (χ3v) is 5.85. The third kappa shape index (κ3) is 4.79. The van der Waals surface area contributed by atoms with E-state index in [9.17, 15) is 13.2 Å². The van der Waals surface area contributed by atoms with Crippen LogP contribution in [0.3, 0.4) is 0 Å². The highest BCUT2D eigenvalue weighted by atomic mass is 32.2. The van der Waals surface area contributed by atoms with Gasteiger partial charge < -0.3 is 10.2 Å². The molecule has 0 saturated carbocycles. The SMILES string of the molecule is O=C(N[C@@H](CCn1cncn1)c1ccccc1)N1CCS(=O)(=O)CC1. The van der Waals surface area contributed by atoms with Crippen molar-refractivity contribution in [1.29, 1.82) is 0 Å². The minimum Gasteiger partial charge on any atom is -0.331 e. The van der Waals surface area contributed by atoms with Crippen molar-refractivity contribution in [3.63, 3.8) is 0 Å². The first-order valence-electron chi connectivity index (χ1n) is 8.17. The van der Waals surface area contributed by atoms with Gasteiger partial charge in [0.1, 0.15) is 12.7 Å². The normalized spacial score (nSPS) is 17.8. The van der Waals surface area contributed by atoms with Crippen molar-refractivity contribution in [2.45, 2.75) is 19.0 Å². The largest absolute Gasteiger partial charge is 0.331 e. The van der Waals surface area contributed by atoms with Gasteiger partial charge in [0.05, 0.1) is 17.5 Å². The first-order chi connectivity index (χ1) is 12.0. The van der Waals surface area contributed by atoms with Crippen molar-refractivity contribution in [3.05, 3.63) is 48.5 Å². The molecular formula is C16H21N5O3S. The summed E-state index contributed by atoms with van der Waals surface area (Å²) in [6, 6.07) is 9.29. The standard InChI is InChI=1S/C16H21N5O3S/c22-16(20-8-10-25(23,24)11-9-20)19-15(14-4-2-1-3-5-14)6-7-21-13-17-12-18-21/h1-5,12-13,15H,6-11H2,(H,19,22)/t15-/m0/s1. The van der Waals surface area contributed by atoms with Crippen molar-refractivity contribution in [1.82, 2.24) is 25.0 Å². The van der Waals surface area contributed by atoms with Crippen LogP contribution in [0.25, 0.3) is 0 Å². The van der Waals surface area contributed by atoms with Crippen LogP contribution >= 0.6 is 0 Å². The Balaban J connectivity index is 1.65. The molecule has 2 amide bonds. The molecule has 1 aliphatic rings. The molecule has 0 unspecified atom stereocenters. The summed E-state index contributed by atoms with van der Waals surface area (Å²) in [5.74, 6) is 0.0464. The maximum atomic E-state index is 12.5. The van der Waals surface area contributed by atoms with Gasteiger partial charge in [-0.15, -0.1) is 0 Å². The molecule has 1 aliphatic heterocycles. The van der Waals surface area contributed by atoms with Crippen molar-refractivity contribution in [2.75, 3.05) is 24.6 Å². The highest BCUT2D eigenvalue weighted by molar-refractivity contribution is 7.91. The molecule has 0 radical (unpaired) electrons. The molecular weight excluding hydrogens is 342 g/mol. The number of hydrogen-bond acceptors (Lipinski definition) is 5. The summed E-state index contributed by atoms with van der Waals surface area (Å²) in [5, 5.41) is 7.11. The Morgan fingerprint density at radius 1 is 1.20 bits per heavy atom. The predicted molar refractivity (Wildman–Crippen MR) is 92.6 cm³/mol. The van der Waals surface area contributed by atoms with Gasteiger partial charge in [0, 0.05) is 19.6 Å². The third-order valence-electron chi connectivity index (χ3n) is 4.24. The Kier molecular flexibility index (Phi) is 5.32. The van der Waals surface area contributed by atoms with Gasteiger partial charge in [0.25, 0.3) is 0 Å². The Bertz CT molecular complexity index is 778. The molecule has 1 atom stereocenters. The van der Waals surface area contributed by atoms with E-state index in [0.717, 1.165) is 5.56 Å². The predicted octanol–water partition coefficient (Wildman–Crippen LogP) is 0.850. The maximum absolute atomic E-state index is 12.5. The van der Waals surface area contributed by atoms with E-state index in [1.54, 1.807) is 15.9 Å². The van der Waals surface area contributed by atoms with Gasteiger partial charge >= 0.3 is 6.03 Å². The van der Waals surface area contributed by atoms with Crippen molar-refractivity contribution >= 4 is 15.9 Å². The Labute approximate surface area is 146 Å². The monoisotopic (exact) mass is 363 g/mol. The lowest BCUT2D eigenvalue weighted by molar-refractivity contribution is 0.196. The number of carbonyl (C=O) groups is 1. The van der Waals surface area contributed by atoms with Crippen molar-refractivity contribution in [2.24, 2.45) is 0 Å². The number of urea groups is 1. The van der Waals surface area contributed by atoms with E-state index in [0.29, 0.717) is 13.0 Å². The van der Waals surface area contributed by atoms with Crippen LogP contribution in [-0.4, -0.2) is 58.7 Å². The minimum absolute atomic E-state index is 0.0232. The van der Waals surface area contributed by atoms with E-state index in [-0.39, 0.29) is 36.7 Å². The van der Waals surface area contributed by atoms with Crippen LogP contribution in [-0.2, 0) is 16.4 Å². The second kappa shape index (κ2) is 7.64. The number of aryl methyl sites for hydroxylation is 1. The second-order valence-electron chi connectivity index (χ2n) is 6.00. The second-order valence-corrected chi connectivity index (χ2v) is 8.30. The van der Waals surface area contributed by atoms with Crippen LogP contribution in [0.15, 0.2) is 43.0 Å². The molecule has 9 heteroatoms. The molecule has 1 fully saturated rings. The number of sulfone groups is 1. The van der Waals surface area contributed by atoms with Crippen molar-refractivity contribution < 1.29 is 13.2 Å². The quantitative estimate of drug-likeness (QED) is 0.849. The zero-order valence-corrected chi connectivity index (χ0v) is 14.6. The smallest absolute Gasteiger partial charge is 0.317 e. The summed E-state index contributed by atoms with van der Waals surface area (Å²) in [7, 11) is -3.01. The minimum atomic E-state index is -3.01.